The molecular weight excluding hydrogens is 173 g/mol. The van der Waals surface area contributed by atoms with E-state index in [0.29, 0.717) is 12.8 Å². The average molecular weight is 182 g/mol. The third-order valence-electron chi connectivity index (χ3n) is 1.66. The summed E-state index contributed by atoms with van der Waals surface area (Å²) < 4.78 is 39.8. The fraction of sp³-hybridized carbons (Fsp3) is 0.857. The average Bonchev–Trinajstić information content (AvgIpc) is 1.82. The molecule has 70 valence electrons. The molecule has 1 rings (SSSR count). The van der Waals surface area contributed by atoms with Gasteiger partial charge in [0.2, 0.25) is 0 Å². The van der Waals surface area contributed by atoms with Crippen LogP contribution in [0.4, 0.5) is 13.2 Å². The molecule has 1 aliphatic heterocycles. The van der Waals surface area contributed by atoms with Crippen molar-refractivity contribution in [3.05, 3.63) is 0 Å². The van der Waals surface area contributed by atoms with Crippen molar-refractivity contribution in [3.63, 3.8) is 0 Å². The Hall–Kier alpha value is -0.740. The zero-order valence-electron chi connectivity index (χ0n) is 6.36. The van der Waals surface area contributed by atoms with Crippen LogP contribution < -0.4 is 0 Å². The van der Waals surface area contributed by atoms with Crippen LogP contribution in [0.2, 0.25) is 0 Å². The molecule has 0 amide bonds. The van der Waals surface area contributed by atoms with Crippen molar-refractivity contribution in [3.8, 4) is 0 Å². The lowest BCUT2D eigenvalue weighted by atomic mass is 10.1. The Labute approximate surface area is 67.7 Å². The van der Waals surface area contributed by atoms with Crippen molar-refractivity contribution in [1.82, 2.24) is 0 Å². The zero-order chi connectivity index (χ0) is 9.19. The molecule has 12 heavy (non-hydrogen) atoms. The van der Waals surface area contributed by atoms with Crippen LogP contribution in [0.25, 0.3) is 0 Å². The fourth-order valence-corrected chi connectivity index (χ4v) is 1.18. The van der Waals surface area contributed by atoms with E-state index in [9.17, 15) is 18.0 Å². The van der Waals surface area contributed by atoms with Gasteiger partial charge in [0, 0.05) is 6.42 Å². The van der Waals surface area contributed by atoms with Crippen molar-refractivity contribution in [2.45, 2.75) is 38.0 Å². The Bertz CT molecular complexity index is 176. The van der Waals surface area contributed by atoms with Gasteiger partial charge in [0.15, 0.2) is 0 Å². The molecule has 2 nitrogen and oxygen atoms in total. The van der Waals surface area contributed by atoms with Crippen LogP contribution in [-0.2, 0) is 9.53 Å². The number of ether oxygens (including phenoxy) is 1. The molecule has 1 fully saturated rings. The summed E-state index contributed by atoms with van der Waals surface area (Å²) in [6.07, 6.45) is -5.13. The highest BCUT2D eigenvalue weighted by atomic mass is 19.4. The molecule has 0 N–H and O–H groups in total. The van der Waals surface area contributed by atoms with E-state index in [1.165, 1.54) is 0 Å². The first-order valence-electron chi connectivity index (χ1n) is 3.73. The molecule has 0 saturated carbocycles. The minimum Gasteiger partial charge on any atom is -0.462 e. The molecule has 0 aliphatic carbocycles. The molecule has 0 bridgehead atoms. The number of esters is 1. The predicted octanol–water partition coefficient (Wildman–Crippen LogP) is 2.03. The standard InChI is InChI=1S/C7H9F3O2/c8-7(9,10)4-5-2-1-3-6(11)12-5/h5H,1-4H2. The molecule has 0 aromatic rings. The van der Waals surface area contributed by atoms with Crippen molar-refractivity contribution < 1.29 is 22.7 Å². The molecule has 0 aromatic heterocycles. The minimum absolute atomic E-state index is 0.244. The maximum atomic E-state index is 11.8. The molecule has 0 radical (unpaired) electrons. The quantitative estimate of drug-likeness (QED) is 0.580. The summed E-state index contributed by atoms with van der Waals surface area (Å²) in [5.74, 6) is -0.518. The lowest BCUT2D eigenvalue weighted by Crippen LogP contribution is -2.28. The van der Waals surface area contributed by atoms with Crippen molar-refractivity contribution in [2.24, 2.45) is 0 Å². The lowest BCUT2D eigenvalue weighted by Gasteiger charge is -2.22. The van der Waals surface area contributed by atoms with Crippen LogP contribution in [0.5, 0.6) is 0 Å². The third-order valence-corrected chi connectivity index (χ3v) is 1.66. The number of carbonyl (C=O) groups excluding carboxylic acids is 1. The first-order valence-corrected chi connectivity index (χ1v) is 3.73. The molecule has 0 aromatic carbocycles. The molecular formula is C7H9F3O2. The van der Waals surface area contributed by atoms with Gasteiger partial charge in [-0.3, -0.25) is 4.79 Å². The second kappa shape index (κ2) is 3.33. The first kappa shape index (κ1) is 9.35. The first-order chi connectivity index (χ1) is 5.47. The third kappa shape index (κ3) is 3.11. The Kier molecular flexibility index (Phi) is 2.59. The zero-order valence-corrected chi connectivity index (χ0v) is 6.36. The number of hydrogen-bond donors (Lipinski definition) is 0. The summed E-state index contributed by atoms with van der Waals surface area (Å²) in [4.78, 5) is 10.6. The largest absolute Gasteiger partial charge is 0.462 e. The van der Waals surface area contributed by atoms with E-state index in [0.717, 1.165) is 0 Å². The van der Waals surface area contributed by atoms with Gasteiger partial charge < -0.3 is 4.74 Å². The highest BCUT2D eigenvalue weighted by Crippen LogP contribution is 2.27. The Balaban J connectivity index is 2.37. The number of rotatable bonds is 1. The maximum absolute atomic E-state index is 11.8. The van der Waals surface area contributed by atoms with Crippen LogP contribution in [0, 0.1) is 0 Å². The summed E-state index contributed by atoms with van der Waals surface area (Å²) in [6.45, 7) is 0. The SMILES string of the molecule is O=C1CCCC(CC(F)(F)F)O1. The van der Waals surface area contributed by atoms with Crippen molar-refractivity contribution >= 4 is 5.97 Å². The van der Waals surface area contributed by atoms with Crippen LogP contribution >= 0.6 is 0 Å². The number of cyclic esters (lactones) is 1. The number of halogens is 3. The molecule has 1 heterocycles. The van der Waals surface area contributed by atoms with E-state index in [1.807, 2.05) is 0 Å². The van der Waals surface area contributed by atoms with Gasteiger partial charge in [-0.25, -0.2) is 0 Å². The van der Waals surface area contributed by atoms with Crippen LogP contribution in [-0.4, -0.2) is 18.2 Å². The summed E-state index contributed by atoms with van der Waals surface area (Å²) in [6, 6.07) is 0. The van der Waals surface area contributed by atoms with Gasteiger partial charge in [0.1, 0.15) is 6.10 Å². The van der Waals surface area contributed by atoms with Crippen LogP contribution in [0.3, 0.4) is 0 Å². The summed E-state index contributed by atoms with van der Waals surface area (Å²) >= 11 is 0. The van der Waals surface area contributed by atoms with Gasteiger partial charge in [-0.2, -0.15) is 13.2 Å². The Morgan fingerprint density at radius 2 is 2.17 bits per heavy atom. The van der Waals surface area contributed by atoms with Gasteiger partial charge in [-0.15, -0.1) is 0 Å². The Morgan fingerprint density at radius 1 is 1.50 bits per heavy atom. The van der Waals surface area contributed by atoms with E-state index in [4.69, 9.17) is 0 Å². The summed E-state index contributed by atoms with van der Waals surface area (Å²) in [5.41, 5.74) is 0. The molecule has 1 atom stereocenters. The van der Waals surface area contributed by atoms with Gasteiger partial charge in [0.05, 0.1) is 6.42 Å². The monoisotopic (exact) mass is 182 g/mol. The van der Waals surface area contributed by atoms with Crippen molar-refractivity contribution in [1.29, 1.82) is 0 Å². The lowest BCUT2D eigenvalue weighted by molar-refractivity contribution is -0.177. The minimum atomic E-state index is -4.23. The summed E-state index contributed by atoms with van der Waals surface area (Å²) in [5, 5.41) is 0. The van der Waals surface area contributed by atoms with Crippen LogP contribution in [0.15, 0.2) is 0 Å². The molecule has 1 unspecified atom stereocenters. The fourth-order valence-electron chi connectivity index (χ4n) is 1.18. The van der Waals surface area contributed by atoms with Gasteiger partial charge in [-0.1, -0.05) is 0 Å². The van der Waals surface area contributed by atoms with E-state index < -0.39 is 24.7 Å². The maximum Gasteiger partial charge on any atom is 0.392 e. The second-order valence-electron chi connectivity index (χ2n) is 2.82. The molecule has 1 aliphatic rings. The molecule has 1 saturated heterocycles. The molecule has 5 heteroatoms. The summed E-state index contributed by atoms with van der Waals surface area (Å²) in [7, 11) is 0. The van der Waals surface area contributed by atoms with E-state index >= 15 is 0 Å². The van der Waals surface area contributed by atoms with Crippen molar-refractivity contribution in [2.75, 3.05) is 0 Å². The van der Waals surface area contributed by atoms with Gasteiger partial charge in [-0.05, 0) is 12.8 Å². The van der Waals surface area contributed by atoms with E-state index in [-0.39, 0.29) is 6.42 Å². The smallest absolute Gasteiger partial charge is 0.392 e. The number of alkyl halides is 3. The van der Waals surface area contributed by atoms with Crippen LogP contribution in [0.1, 0.15) is 25.7 Å². The second-order valence-corrected chi connectivity index (χ2v) is 2.82. The number of hydrogen-bond acceptors (Lipinski definition) is 2. The highest BCUT2D eigenvalue weighted by Gasteiger charge is 2.35. The highest BCUT2D eigenvalue weighted by molar-refractivity contribution is 5.70. The van der Waals surface area contributed by atoms with E-state index in [2.05, 4.69) is 4.74 Å². The number of carbonyl (C=O) groups is 1. The normalized spacial score (nSPS) is 25.2. The molecule has 0 spiro atoms. The van der Waals surface area contributed by atoms with Gasteiger partial charge >= 0.3 is 12.1 Å². The van der Waals surface area contributed by atoms with E-state index in [1.54, 1.807) is 0 Å². The Morgan fingerprint density at radius 3 is 2.67 bits per heavy atom. The topological polar surface area (TPSA) is 26.3 Å². The van der Waals surface area contributed by atoms with Gasteiger partial charge in [0.25, 0.3) is 0 Å². The predicted molar refractivity (Wildman–Crippen MR) is 34.4 cm³/mol.